The molecular formula is C25H27FN8O. The van der Waals surface area contributed by atoms with Crippen molar-refractivity contribution >= 4 is 22.6 Å². The molecular weight excluding hydrogens is 447 g/mol. The number of carbonyl (C=O) groups is 1. The number of pyridine rings is 2. The van der Waals surface area contributed by atoms with Crippen molar-refractivity contribution in [1.82, 2.24) is 29.5 Å². The van der Waals surface area contributed by atoms with Crippen LogP contribution in [-0.4, -0.2) is 48.0 Å². The van der Waals surface area contributed by atoms with Gasteiger partial charge in [-0.1, -0.05) is 0 Å². The summed E-state index contributed by atoms with van der Waals surface area (Å²) in [4.78, 5) is 36.0. The van der Waals surface area contributed by atoms with Gasteiger partial charge in [0, 0.05) is 24.5 Å². The lowest BCUT2D eigenvalue weighted by Crippen LogP contribution is -2.48. The number of aryl methyl sites for hydroxylation is 1. The van der Waals surface area contributed by atoms with E-state index in [4.69, 9.17) is 5.73 Å². The second-order valence-electron chi connectivity index (χ2n) is 9.07. The normalized spacial score (nSPS) is 16.5. The molecule has 0 spiro atoms. The van der Waals surface area contributed by atoms with Gasteiger partial charge >= 0.3 is 0 Å². The number of aromatic nitrogens is 6. The number of anilines is 1. The minimum Gasteiger partial charge on any atom is -0.325 e. The Morgan fingerprint density at radius 1 is 1.14 bits per heavy atom. The lowest BCUT2D eigenvalue weighted by Gasteiger charge is -2.30. The molecule has 2 N–H and O–H groups in total. The molecule has 1 aliphatic rings. The number of rotatable bonds is 5. The largest absolute Gasteiger partial charge is 0.325 e. The van der Waals surface area contributed by atoms with Crippen LogP contribution in [0.15, 0.2) is 36.7 Å². The van der Waals surface area contributed by atoms with Crippen molar-refractivity contribution in [2.45, 2.75) is 52.1 Å². The average molecular weight is 475 g/mol. The van der Waals surface area contributed by atoms with Crippen LogP contribution in [0.5, 0.6) is 0 Å². The average Bonchev–Trinajstić information content (AvgIpc) is 3.18. The number of amides is 1. The lowest BCUT2D eigenvalue weighted by atomic mass is 10.1. The highest BCUT2D eigenvalue weighted by molar-refractivity contribution is 5.97. The van der Waals surface area contributed by atoms with Gasteiger partial charge < -0.3 is 15.2 Å². The van der Waals surface area contributed by atoms with E-state index in [0.29, 0.717) is 42.1 Å². The fourth-order valence-corrected chi connectivity index (χ4v) is 4.58. The Kier molecular flexibility index (Phi) is 5.98. The van der Waals surface area contributed by atoms with Gasteiger partial charge in [-0.05, 0) is 57.9 Å². The van der Waals surface area contributed by atoms with Gasteiger partial charge in [0.2, 0.25) is 11.9 Å². The van der Waals surface area contributed by atoms with Crippen molar-refractivity contribution < 1.29 is 9.18 Å². The first-order chi connectivity index (χ1) is 16.8. The number of fused-ring (bicyclic) bond motifs is 1. The number of imidazole rings is 1. The Hall–Kier alpha value is -3.79. The predicted octanol–water partition coefficient (Wildman–Crippen LogP) is 3.36. The Bertz CT molecular complexity index is 1400. The topological polar surface area (TPSA) is 116 Å². The zero-order valence-corrected chi connectivity index (χ0v) is 19.9. The maximum absolute atomic E-state index is 14.8. The van der Waals surface area contributed by atoms with Crippen LogP contribution in [0.2, 0.25) is 0 Å². The van der Waals surface area contributed by atoms with Crippen molar-refractivity contribution in [3.63, 3.8) is 0 Å². The van der Waals surface area contributed by atoms with E-state index in [2.05, 4.69) is 24.9 Å². The molecule has 5 heterocycles. The fourth-order valence-electron chi connectivity index (χ4n) is 4.58. The van der Waals surface area contributed by atoms with Gasteiger partial charge in [0.15, 0.2) is 0 Å². The summed E-state index contributed by atoms with van der Waals surface area (Å²) in [6, 6.07) is 6.91. The summed E-state index contributed by atoms with van der Waals surface area (Å²) in [5.41, 5.74) is 9.27. The Morgan fingerprint density at radius 2 is 1.97 bits per heavy atom. The van der Waals surface area contributed by atoms with Crippen LogP contribution in [0.1, 0.15) is 50.1 Å². The third-order valence-corrected chi connectivity index (χ3v) is 6.24. The van der Waals surface area contributed by atoms with Gasteiger partial charge in [-0.3, -0.25) is 9.78 Å². The standard InChI is InChI=1S/C25H27FN8O/c1-14(2)34-15(3)30-23-21(34)12-20(32-24(23)26)19-8-9-28-22(31-19)11-16-6-7-17(13-29-16)33-10-4-5-18(27)25(33)35/h6-9,12-14,18H,4-5,10-11,27H2,1-3H3. The summed E-state index contributed by atoms with van der Waals surface area (Å²) in [7, 11) is 0. The van der Waals surface area contributed by atoms with Crippen LogP contribution < -0.4 is 10.6 Å². The molecule has 1 saturated heterocycles. The van der Waals surface area contributed by atoms with E-state index < -0.39 is 12.0 Å². The molecule has 5 rings (SSSR count). The summed E-state index contributed by atoms with van der Waals surface area (Å²) in [5.74, 6) is 0.575. The molecule has 1 unspecified atom stereocenters. The Labute approximate surface area is 202 Å². The number of carbonyl (C=O) groups excluding carboxylic acids is 1. The van der Waals surface area contributed by atoms with Crippen molar-refractivity contribution in [2.75, 3.05) is 11.4 Å². The summed E-state index contributed by atoms with van der Waals surface area (Å²) in [6.07, 6.45) is 5.27. The maximum Gasteiger partial charge on any atom is 0.243 e. The Balaban J connectivity index is 1.40. The molecule has 0 bridgehead atoms. The van der Waals surface area contributed by atoms with E-state index >= 15 is 0 Å². The number of piperidine rings is 1. The smallest absolute Gasteiger partial charge is 0.243 e. The predicted molar refractivity (Wildman–Crippen MR) is 130 cm³/mol. The molecule has 1 amide bonds. The molecule has 4 aromatic heterocycles. The lowest BCUT2D eigenvalue weighted by molar-refractivity contribution is -0.120. The van der Waals surface area contributed by atoms with E-state index in [1.165, 1.54) is 0 Å². The molecule has 1 atom stereocenters. The second-order valence-corrected chi connectivity index (χ2v) is 9.07. The quantitative estimate of drug-likeness (QED) is 0.441. The monoisotopic (exact) mass is 474 g/mol. The molecule has 1 aliphatic heterocycles. The van der Waals surface area contributed by atoms with E-state index in [9.17, 15) is 9.18 Å². The first-order valence-electron chi connectivity index (χ1n) is 11.7. The summed E-state index contributed by atoms with van der Waals surface area (Å²) < 4.78 is 16.8. The molecule has 10 heteroatoms. The number of nitrogens with zero attached hydrogens (tertiary/aromatic N) is 7. The van der Waals surface area contributed by atoms with Crippen LogP contribution in [0.3, 0.4) is 0 Å². The van der Waals surface area contributed by atoms with E-state index in [-0.39, 0.29) is 17.5 Å². The highest BCUT2D eigenvalue weighted by Gasteiger charge is 2.26. The van der Waals surface area contributed by atoms with Crippen LogP contribution in [0.25, 0.3) is 22.4 Å². The summed E-state index contributed by atoms with van der Waals surface area (Å²) in [6.45, 7) is 6.56. The van der Waals surface area contributed by atoms with Gasteiger partial charge in [0.05, 0.1) is 41.3 Å². The number of halogens is 1. The number of hydrogen-bond acceptors (Lipinski definition) is 7. The number of nitrogens with two attached hydrogens (primary N) is 1. The van der Waals surface area contributed by atoms with Crippen molar-refractivity contribution in [3.8, 4) is 11.4 Å². The zero-order chi connectivity index (χ0) is 24.7. The van der Waals surface area contributed by atoms with Gasteiger partial charge in [0.1, 0.15) is 17.2 Å². The van der Waals surface area contributed by atoms with E-state index in [1.54, 1.807) is 23.4 Å². The number of hydrogen-bond donors (Lipinski definition) is 1. The van der Waals surface area contributed by atoms with Gasteiger partial charge in [0.25, 0.3) is 0 Å². The maximum atomic E-state index is 14.8. The van der Waals surface area contributed by atoms with E-state index in [0.717, 1.165) is 23.6 Å². The molecule has 0 aliphatic carbocycles. The summed E-state index contributed by atoms with van der Waals surface area (Å²) in [5, 5.41) is 0. The molecule has 1 fully saturated rings. The Morgan fingerprint density at radius 3 is 2.71 bits per heavy atom. The SMILES string of the molecule is Cc1nc2c(F)nc(-c3ccnc(Cc4ccc(N5CCCC(N)C5=O)cn4)n3)cc2n1C(C)C. The molecule has 0 radical (unpaired) electrons. The highest BCUT2D eigenvalue weighted by Crippen LogP contribution is 2.27. The molecule has 4 aromatic rings. The minimum absolute atomic E-state index is 0.0764. The first-order valence-corrected chi connectivity index (χ1v) is 11.7. The van der Waals surface area contributed by atoms with Gasteiger partial charge in [-0.25, -0.2) is 19.9 Å². The first kappa shape index (κ1) is 23.0. The fraction of sp³-hybridized carbons (Fsp3) is 0.360. The molecule has 180 valence electrons. The van der Waals surface area contributed by atoms with Gasteiger partial charge in [-0.15, -0.1) is 0 Å². The molecule has 0 aromatic carbocycles. The van der Waals surface area contributed by atoms with E-state index in [1.807, 2.05) is 43.5 Å². The third kappa shape index (κ3) is 4.37. The van der Waals surface area contributed by atoms with Crippen LogP contribution in [-0.2, 0) is 11.2 Å². The van der Waals surface area contributed by atoms with Crippen molar-refractivity contribution in [2.24, 2.45) is 5.73 Å². The van der Waals surface area contributed by atoms with Crippen LogP contribution in [0, 0.1) is 12.9 Å². The molecule has 35 heavy (non-hydrogen) atoms. The van der Waals surface area contributed by atoms with Crippen molar-refractivity contribution in [3.05, 3.63) is 59.9 Å². The highest BCUT2D eigenvalue weighted by atomic mass is 19.1. The van der Waals surface area contributed by atoms with Crippen LogP contribution in [0.4, 0.5) is 10.1 Å². The van der Waals surface area contributed by atoms with Gasteiger partial charge in [-0.2, -0.15) is 4.39 Å². The zero-order valence-electron chi connectivity index (χ0n) is 19.9. The summed E-state index contributed by atoms with van der Waals surface area (Å²) >= 11 is 0. The second kappa shape index (κ2) is 9.10. The minimum atomic E-state index is -0.621. The van der Waals surface area contributed by atoms with Crippen molar-refractivity contribution in [1.29, 1.82) is 0 Å². The van der Waals surface area contributed by atoms with Crippen LogP contribution >= 0.6 is 0 Å². The molecule has 9 nitrogen and oxygen atoms in total. The third-order valence-electron chi connectivity index (χ3n) is 6.24. The molecule has 0 saturated carbocycles.